The van der Waals surface area contributed by atoms with Crippen LogP contribution >= 0.6 is 15.9 Å². The normalized spacial score (nSPS) is 11.7. The van der Waals surface area contributed by atoms with Crippen molar-refractivity contribution in [1.82, 2.24) is 9.97 Å². The first-order valence-electron chi connectivity index (χ1n) is 6.70. The zero-order chi connectivity index (χ0) is 14.8. The molecule has 0 bridgehead atoms. The number of hydrogen-bond acceptors (Lipinski definition) is 3. The van der Waals surface area contributed by atoms with Crippen molar-refractivity contribution in [3.63, 3.8) is 0 Å². The van der Waals surface area contributed by atoms with E-state index in [4.69, 9.17) is 10.7 Å². The van der Waals surface area contributed by atoms with Gasteiger partial charge in [0.2, 0.25) is 0 Å². The maximum Gasteiger partial charge on any atom is 0.129 e. The Morgan fingerprint density at radius 3 is 2.60 bits per heavy atom. The molecule has 2 aromatic rings. The molecule has 2 rings (SSSR count). The molecule has 20 heavy (non-hydrogen) atoms. The fourth-order valence-electron chi connectivity index (χ4n) is 2.00. The summed E-state index contributed by atoms with van der Waals surface area (Å²) in [4.78, 5) is 9.23. The first-order chi connectivity index (χ1) is 9.39. The second-order valence-corrected chi connectivity index (χ2v) is 6.78. The summed E-state index contributed by atoms with van der Waals surface area (Å²) >= 11 is 3.50. The van der Waals surface area contributed by atoms with E-state index in [0.29, 0.717) is 6.54 Å². The van der Waals surface area contributed by atoms with Crippen molar-refractivity contribution >= 4 is 15.9 Å². The first kappa shape index (κ1) is 15.1. The summed E-state index contributed by atoms with van der Waals surface area (Å²) in [5.41, 5.74) is 8.85. The number of aryl methyl sites for hydroxylation is 1. The fourth-order valence-corrected chi connectivity index (χ4v) is 2.40. The summed E-state index contributed by atoms with van der Waals surface area (Å²) in [6, 6.07) is 10.2. The molecular formula is C16H20BrN3. The Balaban J connectivity index is 2.39. The van der Waals surface area contributed by atoms with Crippen LogP contribution in [0.25, 0.3) is 11.3 Å². The van der Waals surface area contributed by atoms with E-state index in [9.17, 15) is 0 Å². The minimum atomic E-state index is 0.0162. The molecule has 0 fully saturated rings. The Labute approximate surface area is 128 Å². The number of benzene rings is 1. The lowest BCUT2D eigenvalue weighted by Gasteiger charge is -2.21. The summed E-state index contributed by atoms with van der Waals surface area (Å²) in [5, 5.41) is 0. The summed E-state index contributed by atoms with van der Waals surface area (Å²) in [6.45, 7) is 6.90. The third kappa shape index (κ3) is 3.87. The smallest absolute Gasteiger partial charge is 0.129 e. The molecule has 0 spiro atoms. The van der Waals surface area contributed by atoms with E-state index in [1.165, 1.54) is 0 Å². The molecule has 4 heteroatoms. The summed E-state index contributed by atoms with van der Waals surface area (Å²) in [5.74, 6) is 0.857. The van der Waals surface area contributed by atoms with Crippen LogP contribution < -0.4 is 5.73 Å². The molecule has 106 valence electrons. The molecule has 0 saturated heterocycles. The van der Waals surface area contributed by atoms with Crippen molar-refractivity contribution in [2.24, 2.45) is 11.1 Å². The van der Waals surface area contributed by atoms with Crippen molar-refractivity contribution in [1.29, 1.82) is 0 Å². The van der Waals surface area contributed by atoms with Crippen LogP contribution in [0.4, 0.5) is 0 Å². The molecule has 0 aliphatic carbocycles. The second-order valence-electron chi connectivity index (χ2n) is 5.87. The highest BCUT2D eigenvalue weighted by atomic mass is 79.9. The Hall–Kier alpha value is -1.26. The number of halogens is 1. The number of aromatic nitrogens is 2. The zero-order valence-corrected chi connectivity index (χ0v) is 13.7. The van der Waals surface area contributed by atoms with Gasteiger partial charge in [0, 0.05) is 22.2 Å². The van der Waals surface area contributed by atoms with Gasteiger partial charge in [-0.15, -0.1) is 0 Å². The molecule has 0 aliphatic rings. The van der Waals surface area contributed by atoms with E-state index >= 15 is 0 Å². The molecule has 0 aliphatic heterocycles. The van der Waals surface area contributed by atoms with Gasteiger partial charge in [0.15, 0.2) is 0 Å². The molecule has 0 atom stereocenters. The zero-order valence-electron chi connectivity index (χ0n) is 12.2. The predicted molar refractivity (Wildman–Crippen MR) is 86.4 cm³/mol. The number of nitrogens with zero attached hydrogens (tertiary/aromatic N) is 2. The summed E-state index contributed by atoms with van der Waals surface area (Å²) in [6.07, 6.45) is 0.784. The lowest BCUT2D eigenvalue weighted by molar-refractivity contribution is 0.367. The predicted octanol–water partition coefficient (Wildman–Crippen LogP) is 3.74. The van der Waals surface area contributed by atoms with E-state index in [1.807, 2.05) is 25.1 Å². The van der Waals surface area contributed by atoms with Crippen LogP contribution in [0.5, 0.6) is 0 Å². The minimum absolute atomic E-state index is 0.0162. The number of nitrogens with two attached hydrogens (primary N) is 1. The van der Waals surface area contributed by atoms with Crippen LogP contribution in [0.1, 0.15) is 25.4 Å². The maximum absolute atomic E-state index is 5.80. The van der Waals surface area contributed by atoms with Crippen LogP contribution in [-0.4, -0.2) is 16.5 Å². The molecule has 0 amide bonds. The van der Waals surface area contributed by atoms with Gasteiger partial charge >= 0.3 is 0 Å². The molecule has 1 aromatic heterocycles. The van der Waals surface area contributed by atoms with Gasteiger partial charge in [-0.25, -0.2) is 9.97 Å². The lowest BCUT2D eigenvalue weighted by Crippen LogP contribution is -2.27. The highest BCUT2D eigenvalue weighted by molar-refractivity contribution is 9.10. The van der Waals surface area contributed by atoms with Gasteiger partial charge in [-0.1, -0.05) is 41.9 Å². The highest BCUT2D eigenvalue weighted by Gasteiger charge is 2.18. The molecule has 1 aromatic carbocycles. The van der Waals surface area contributed by atoms with Crippen molar-refractivity contribution in [3.8, 4) is 11.3 Å². The van der Waals surface area contributed by atoms with Gasteiger partial charge < -0.3 is 5.73 Å². The van der Waals surface area contributed by atoms with Gasteiger partial charge in [0.05, 0.1) is 5.69 Å². The van der Waals surface area contributed by atoms with Gasteiger partial charge in [-0.3, -0.25) is 0 Å². The molecule has 2 N–H and O–H groups in total. The average Bonchev–Trinajstić information content (AvgIpc) is 2.37. The van der Waals surface area contributed by atoms with Crippen molar-refractivity contribution < 1.29 is 0 Å². The molecule has 1 heterocycles. The highest BCUT2D eigenvalue weighted by Crippen LogP contribution is 2.24. The van der Waals surface area contributed by atoms with Gasteiger partial charge in [0.1, 0.15) is 5.82 Å². The monoisotopic (exact) mass is 333 g/mol. The molecule has 0 saturated carbocycles. The van der Waals surface area contributed by atoms with Gasteiger partial charge in [0.25, 0.3) is 0 Å². The molecule has 0 unspecified atom stereocenters. The Morgan fingerprint density at radius 2 is 1.95 bits per heavy atom. The number of hydrogen-bond donors (Lipinski definition) is 1. The standard InChI is InChI=1S/C16H20BrN3/c1-11-7-14(12-5-4-6-13(17)8-12)20-15(19-11)9-16(2,3)10-18/h4-8H,9-10,18H2,1-3H3. The quantitative estimate of drug-likeness (QED) is 0.927. The first-order valence-corrected chi connectivity index (χ1v) is 7.49. The maximum atomic E-state index is 5.80. The topological polar surface area (TPSA) is 51.8 Å². The SMILES string of the molecule is Cc1cc(-c2cccc(Br)c2)nc(CC(C)(C)CN)n1. The van der Waals surface area contributed by atoms with Crippen LogP contribution in [0.3, 0.4) is 0 Å². The second kappa shape index (κ2) is 6.02. The molecular weight excluding hydrogens is 314 g/mol. The fraction of sp³-hybridized carbons (Fsp3) is 0.375. The Morgan fingerprint density at radius 1 is 1.20 bits per heavy atom. The van der Waals surface area contributed by atoms with E-state index in [2.05, 4.69) is 46.9 Å². The van der Waals surface area contributed by atoms with Gasteiger partial charge in [-0.05, 0) is 37.1 Å². The van der Waals surface area contributed by atoms with Crippen molar-refractivity contribution in [2.75, 3.05) is 6.54 Å². The Bertz CT molecular complexity index is 608. The van der Waals surface area contributed by atoms with Crippen LogP contribution in [0, 0.1) is 12.3 Å². The van der Waals surface area contributed by atoms with E-state index < -0.39 is 0 Å². The van der Waals surface area contributed by atoms with Crippen molar-refractivity contribution in [2.45, 2.75) is 27.2 Å². The van der Waals surface area contributed by atoms with Crippen LogP contribution in [-0.2, 0) is 6.42 Å². The number of rotatable bonds is 4. The van der Waals surface area contributed by atoms with E-state index in [-0.39, 0.29) is 5.41 Å². The Kier molecular flexibility index (Phi) is 4.55. The van der Waals surface area contributed by atoms with Crippen LogP contribution in [0.15, 0.2) is 34.8 Å². The largest absolute Gasteiger partial charge is 0.330 e. The third-order valence-corrected chi connectivity index (χ3v) is 3.70. The van der Waals surface area contributed by atoms with Crippen molar-refractivity contribution in [3.05, 3.63) is 46.3 Å². The average molecular weight is 334 g/mol. The van der Waals surface area contributed by atoms with E-state index in [0.717, 1.165) is 33.7 Å². The third-order valence-electron chi connectivity index (χ3n) is 3.21. The lowest BCUT2D eigenvalue weighted by atomic mass is 9.89. The molecule has 0 radical (unpaired) electrons. The summed E-state index contributed by atoms with van der Waals surface area (Å²) in [7, 11) is 0. The summed E-state index contributed by atoms with van der Waals surface area (Å²) < 4.78 is 1.05. The molecule has 3 nitrogen and oxygen atoms in total. The minimum Gasteiger partial charge on any atom is -0.330 e. The van der Waals surface area contributed by atoms with Crippen LogP contribution in [0.2, 0.25) is 0 Å². The van der Waals surface area contributed by atoms with E-state index in [1.54, 1.807) is 0 Å². The van der Waals surface area contributed by atoms with Gasteiger partial charge in [-0.2, -0.15) is 0 Å².